The van der Waals surface area contributed by atoms with Gasteiger partial charge in [0.15, 0.2) is 12.4 Å². The highest BCUT2D eigenvalue weighted by Crippen LogP contribution is 2.26. The van der Waals surface area contributed by atoms with E-state index < -0.39 is 5.91 Å². The van der Waals surface area contributed by atoms with Gasteiger partial charge in [0.25, 0.3) is 11.8 Å². The molecular weight excluding hydrogens is 410 g/mol. The lowest BCUT2D eigenvalue weighted by molar-refractivity contribution is -0.119. The van der Waals surface area contributed by atoms with Crippen molar-refractivity contribution >= 4 is 17.5 Å². The fourth-order valence-electron chi connectivity index (χ4n) is 2.55. The molecule has 0 bridgehead atoms. The predicted molar refractivity (Wildman–Crippen MR) is 108 cm³/mol. The number of rotatable bonds is 8. The highest BCUT2D eigenvalue weighted by molar-refractivity contribution is 6.30. The number of carbonyl (C=O) groups excluding carboxylic acids is 1. The summed E-state index contributed by atoms with van der Waals surface area (Å²) in [4.78, 5) is 15.1. The number of hydrogen-bond donors (Lipinski definition) is 1. The molecule has 0 aliphatic carbocycles. The number of hydrogen-bond acceptors (Lipinski definition) is 7. The van der Waals surface area contributed by atoms with Crippen LogP contribution in [0.15, 0.2) is 69.6 Å². The van der Waals surface area contributed by atoms with Crippen LogP contribution in [-0.4, -0.2) is 22.7 Å². The van der Waals surface area contributed by atoms with Crippen molar-refractivity contribution < 1.29 is 23.2 Å². The molecule has 0 unspecified atom stereocenters. The average molecular weight is 426 g/mol. The lowest BCUT2D eigenvalue weighted by Gasteiger charge is -2.03. The van der Waals surface area contributed by atoms with E-state index in [4.69, 9.17) is 35.7 Å². The van der Waals surface area contributed by atoms with Crippen molar-refractivity contribution in [1.82, 2.24) is 10.1 Å². The largest absolute Gasteiger partial charge is 0.486 e. The Kier molecular flexibility index (Phi) is 5.67. The minimum atomic E-state index is -0.543. The smallest absolute Gasteiger partial charge is 0.293 e. The molecule has 0 aliphatic rings. The normalized spacial score (nSPS) is 10.7. The van der Waals surface area contributed by atoms with Crippen LogP contribution in [0, 0.1) is 0 Å². The van der Waals surface area contributed by atoms with Gasteiger partial charge in [-0.2, -0.15) is 4.98 Å². The zero-order valence-corrected chi connectivity index (χ0v) is 16.3. The number of amides is 1. The fourth-order valence-corrected chi connectivity index (χ4v) is 2.68. The van der Waals surface area contributed by atoms with Gasteiger partial charge in [-0.1, -0.05) is 16.8 Å². The van der Waals surface area contributed by atoms with Crippen LogP contribution in [0.4, 0.5) is 0 Å². The Bertz CT molecular complexity index is 1140. The Hall–Kier alpha value is -3.78. The molecule has 0 aliphatic heterocycles. The Balaban J connectivity index is 1.40. The maximum absolute atomic E-state index is 10.8. The standard InChI is InChI=1S/C21H16ClN3O5/c22-14-3-7-16(8-4-14)27-11-17-9-10-18(29-17)21-24-20(25-30-21)13-1-5-15(6-2-13)28-12-19(23)26/h1-10H,11-12H2,(H2,23,26). The van der Waals surface area contributed by atoms with Gasteiger partial charge in [0.05, 0.1) is 0 Å². The number of carbonyl (C=O) groups is 1. The first kappa shape index (κ1) is 19.5. The molecule has 152 valence electrons. The molecule has 2 heterocycles. The Morgan fingerprint density at radius 3 is 2.40 bits per heavy atom. The average Bonchev–Trinajstić information content (AvgIpc) is 3.42. The van der Waals surface area contributed by atoms with E-state index in [1.54, 1.807) is 60.7 Å². The van der Waals surface area contributed by atoms with Gasteiger partial charge in [0.2, 0.25) is 5.82 Å². The van der Waals surface area contributed by atoms with Crippen molar-refractivity contribution in [3.05, 3.63) is 71.4 Å². The van der Waals surface area contributed by atoms with Crippen LogP contribution in [0.2, 0.25) is 5.02 Å². The van der Waals surface area contributed by atoms with Crippen LogP contribution >= 0.6 is 11.6 Å². The van der Waals surface area contributed by atoms with Gasteiger partial charge < -0.3 is 24.1 Å². The van der Waals surface area contributed by atoms with E-state index in [1.165, 1.54) is 0 Å². The first-order chi connectivity index (χ1) is 14.6. The number of halogens is 1. The number of benzene rings is 2. The van der Waals surface area contributed by atoms with E-state index in [-0.39, 0.29) is 19.1 Å². The number of ether oxygens (including phenoxy) is 2. The number of nitrogens with two attached hydrogens (primary N) is 1. The first-order valence-electron chi connectivity index (χ1n) is 8.89. The summed E-state index contributed by atoms with van der Waals surface area (Å²) in [5, 5.41) is 4.61. The SMILES string of the molecule is NC(=O)COc1ccc(-c2noc(-c3ccc(COc4ccc(Cl)cc4)o3)n2)cc1. The molecule has 0 saturated carbocycles. The molecule has 0 saturated heterocycles. The lowest BCUT2D eigenvalue weighted by Crippen LogP contribution is -2.19. The topological polar surface area (TPSA) is 114 Å². The lowest BCUT2D eigenvalue weighted by atomic mass is 10.2. The molecule has 1 amide bonds. The van der Waals surface area contributed by atoms with Crippen LogP contribution in [0.1, 0.15) is 5.76 Å². The van der Waals surface area contributed by atoms with E-state index in [9.17, 15) is 4.79 Å². The van der Waals surface area contributed by atoms with E-state index in [0.717, 1.165) is 0 Å². The fraction of sp³-hybridized carbons (Fsp3) is 0.0952. The second-order valence-corrected chi connectivity index (χ2v) is 6.65. The van der Waals surface area contributed by atoms with Gasteiger partial charge in [0, 0.05) is 10.6 Å². The second kappa shape index (κ2) is 8.71. The number of aromatic nitrogens is 2. The molecule has 2 aromatic heterocycles. The van der Waals surface area contributed by atoms with Gasteiger partial charge in [-0.3, -0.25) is 4.79 Å². The number of furan rings is 1. The molecule has 2 aromatic carbocycles. The van der Waals surface area contributed by atoms with Crippen molar-refractivity contribution in [1.29, 1.82) is 0 Å². The van der Waals surface area contributed by atoms with E-state index >= 15 is 0 Å². The van der Waals surface area contributed by atoms with Gasteiger partial charge in [-0.25, -0.2) is 0 Å². The maximum Gasteiger partial charge on any atom is 0.293 e. The van der Waals surface area contributed by atoms with Crippen molar-refractivity contribution in [3.63, 3.8) is 0 Å². The highest BCUT2D eigenvalue weighted by Gasteiger charge is 2.15. The summed E-state index contributed by atoms with van der Waals surface area (Å²) in [5.74, 6) is 2.33. The summed E-state index contributed by atoms with van der Waals surface area (Å²) in [6.45, 7) is 0.0592. The highest BCUT2D eigenvalue weighted by atomic mass is 35.5. The molecule has 4 aromatic rings. The molecule has 8 nitrogen and oxygen atoms in total. The monoisotopic (exact) mass is 425 g/mol. The summed E-state index contributed by atoms with van der Waals surface area (Å²) < 4.78 is 21.9. The number of nitrogens with zero attached hydrogens (tertiary/aromatic N) is 2. The van der Waals surface area contributed by atoms with E-state index in [1.807, 2.05) is 0 Å². The van der Waals surface area contributed by atoms with Crippen LogP contribution in [0.25, 0.3) is 23.0 Å². The molecule has 9 heteroatoms. The summed E-state index contributed by atoms with van der Waals surface area (Å²) in [5.41, 5.74) is 5.77. The molecule has 30 heavy (non-hydrogen) atoms. The predicted octanol–water partition coefficient (Wildman–Crippen LogP) is 4.09. The minimum Gasteiger partial charge on any atom is -0.486 e. The first-order valence-corrected chi connectivity index (χ1v) is 9.27. The third-order valence-electron chi connectivity index (χ3n) is 3.99. The zero-order chi connectivity index (χ0) is 20.9. The second-order valence-electron chi connectivity index (χ2n) is 6.21. The van der Waals surface area contributed by atoms with Crippen molar-refractivity contribution in [2.45, 2.75) is 6.61 Å². The van der Waals surface area contributed by atoms with Gasteiger partial charge in [0.1, 0.15) is 23.9 Å². The van der Waals surface area contributed by atoms with Gasteiger partial charge in [-0.15, -0.1) is 0 Å². The van der Waals surface area contributed by atoms with Gasteiger partial charge in [-0.05, 0) is 60.7 Å². The maximum atomic E-state index is 10.8. The molecule has 0 radical (unpaired) electrons. The Labute approximate surface area is 176 Å². The number of primary amides is 1. The van der Waals surface area contributed by atoms with Crippen molar-refractivity contribution in [2.24, 2.45) is 5.73 Å². The summed E-state index contributed by atoms with van der Waals surface area (Å²) in [7, 11) is 0. The quantitative estimate of drug-likeness (QED) is 0.452. The van der Waals surface area contributed by atoms with E-state index in [0.29, 0.717) is 39.4 Å². The third kappa shape index (κ3) is 4.79. The molecule has 4 rings (SSSR count). The molecule has 0 fully saturated rings. The van der Waals surface area contributed by atoms with Crippen LogP contribution in [-0.2, 0) is 11.4 Å². The van der Waals surface area contributed by atoms with Crippen molar-refractivity contribution in [2.75, 3.05) is 6.61 Å². The zero-order valence-electron chi connectivity index (χ0n) is 15.6. The van der Waals surface area contributed by atoms with Crippen molar-refractivity contribution in [3.8, 4) is 34.5 Å². The van der Waals surface area contributed by atoms with Crippen LogP contribution in [0.3, 0.4) is 0 Å². The molecular formula is C21H16ClN3O5. The van der Waals surface area contributed by atoms with Crippen LogP contribution in [0.5, 0.6) is 11.5 Å². The summed E-state index contributed by atoms with van der Waals surface area (Å²) in [6, 6.07) is 17.4. The van der Waals surface area contributed by atoms with E-state index in [2.05, 4.69) is 10.1 Å². The summed E-state index contributed by atoms with van der Waals surface area (Å²) in [6.07, 6.45) is 0. The van der Waals surface area contributed by atoms with Gasteiger partial charge >= 0.3 is 0 Å². The third-order valence-corrected chi connectivity index (χ3v) is 4.24. The Morgan fingerprint density at radius 1 is 0.967 bits per heavy atom. The minimum absolute atomic E-state index is 0.186. The molecule has 0 spiro atoms. The van der Waals surface area contributed by atoms with Crippen LogP contribution < -0.4 is 15.2 Å². The Morgan fingerprint density at radius 2 is 1.67 bits per heavy atom. The molecule has 0 atom stereocenters. The summed E-state index contributed by atoms with van der Waals surface area (Å²) >= 11 is 5.86. The molecule has 2 N–H and O–H groups in total.